The summed E-state index contributed by atoms with van der Waals surface area (Å²) in [6.07, 6.45) is 3.48. The summed E-state index contributed by atoms with van der Waals surface area (Å²) < 4.78 is 9.83. The molecule has 1 amide bonds. The molecular weight excluding hydrogens is 320 g/mol. The topological polar surface area (TPSA) is 90.6 Å². The number of methoxy groups -OCH3 is 1. The fourth-order valence-electron chi connectivity index (χ4n) is 2.54. The first-order chi connectivity index (χ1) is 10.5. The minimum Gasteiger partial charge on any atom is -0.482 e. The zero-order chi connectivity index (χ0) is 16.0. The number of carbonyl (C=O) groups excluding carboxylic acids is 2. The summed E-state index contributed by atoms with van der Waals surface area (Å²) in [6, 6.07) is 7.21. The maximum absolute atomic E-state index is 12.2. The van der Waals surface area contributed by atoms with Crippen LogP contribution in [-0.2, 0) is 20.9 Å². The van der Waals surface area contributed by atoms with Crippen LogP contribution in [0.4, 0.5) is 0 Å². The lowest BCUT2D eigenvalue weighted by Crippen LogP contribution is -2.51. The van der Waals surface area contributed by atoms with Gasteiger partial charge in [0, 0.05) is 6.54 Å². The molecule has 0 saturated heterocycles. The molecule has 1 aliphatic rings. The third-order valence-corrected chi connectivity index (χ3v) is 3.88. The van der Waals surface area contributed by atoms with Crippen LogP contribution >= 0.6 is 12.4 Å². The number of ether oxygens (including phenoxy) is 2. The van der Waals surface area contributed by atoms with Gasteiger partial charge in [0.1, 0.15) is 5.75 Å². The highest BCUT2D eigenvalue weighted by molar-refractivity contribution is 5.86. The highest BCUT2D eigenvalue weighted by Crippen LogP contribution is 2.27. The van der Waals surface area contributed by atoms with Gasteiger partial charge in [0.25, 0.3) is 0 Å². The van der Waals surface area contributed by atoms with E-state index in [2.05, 4.69) is 10.1 Å². The second kappa shape index (κ2) is 8.74. The number of nitrogens with one attached hydrogen (secondary N) is 1. The van der Waals surface area contributed by atoms with Crippen molar-refractivity contribution in [3.8, 4) is 5.75 Å². The SMILES string of the molecule is COC(=O)COc1cccc(CNC(=O)C2(N)CCCC2)c1.Cl. The van der Waals surface area contributed by atoms with Crippen LogP contribution in [0, 0.1) is 0 Å². The highest BCUT2D eigenvalue weighted by Gasteiger charge is 2.36. The molecule has 1 aromatic rings. The summed E-state index contributed by atoms with van der Waals surface area (Å²) in [6.45, 7) is 0.241. The first kappa shape index (κ1) is 19.3. The van der Waals surface area contributed by atoms with E-state index in [4.69, 9.17) is 10.5 Å². The number of amides is 1. The van der Waals surface area contributed by atoms with Gasteiger partial charge in [-0.2, -0.15) is 0 Å². The van der Waals surface area contributed by atoms with Crippen molar-refractivity contribution in [1.29, 1.82) is 0 Å². The van der Waals surface area contributed by atoms with Crippen molar-refractivity contribution in [1.82, 2.24) is 5.32 Å². The molecule has 1 aliphatic carbocycles. The molecule has 0 aliphatic heterocycles. The first-order valence-electron chi connectivity index (χ1n) is 7.39. The normalized spacial score (nSPS) is 15.4. The quantitative estimate of drug-likeness (QED) is 0.765. The van der Waals surface area contributed by atoms with Crippen molar-refractivity contribution in [3.63, 3.8) is 0 Å². The number of hydrogen-bond donors (Lipinski definition) is 2. The molecule has 0 unspecified atom stereocenters. The lowest BCUT2D eigenvalue weighted by Gasteiger charge is -2.22. The van der Waals surface area contributed by atoms with E-state index in [-0.39, 0.29) is 24.9 Å². The minimum atomic E-state index is -0.723. The number of benzene rings is 1. The summed E-state index contributed by atoms with van der Waals surface area (Å²) in [5.74, 6) is 0.0105. The van der Waals surface area contributed by atoms with Crippen molar-refractivity contribution in [2.24, 2.45) is 5.73 Å². The summed E-state index contributed by atoms with van der Waals surface area (Å²) in [7, 11) is 1.31. The van der Waals surface area contributed by atoms with Crippen molar-refractivity contribution in [3.05, 3.63) is 29.8 Å². The molecule has 128 valence electrons. The van der Waals surface area contributed by atoms with E-state index in [1.807, 2.05) is 12.1 Å². The molecule has 6 nitrogen and oxygen atoms in total. The molecule has 0 spiro atoms. The standard InChI is InChI=1S/C16H22N2O4.ClH/c1-21-14(19)11-22-13-6-4-5-12(9-13)10-18-15(20)16(17)7-2-3-8-16;/h4-6,9H,2-3,7-8,10-11,17H2,1H3,(H,18,20);1H. The number of rotatable bonds is 6. The van der Waals surface area contributed by atoms with Gasteiger partial charge in [0.2, 0.25) is 5.91 Å². The minimum absolute atomic E-state index is 0. The van der Waals surface area contributed by atoms with Crippen LogP contribution in [0.1, 0.15) is 31.2 Å². The Balaban J connectivity index is 0.00000264. The Bertz CT molecular complexity index is 545. The van der Waals surface area contributed by atoms with Crippen LogP contribution in [-0.4, -0.2) is 31.1 Å². The second-order valence-corrected chi connectivity index (χ2v) is 5.56. The molecule has 0 radical (unpaired) electrons. The Kier molecular flexibility index (Phi) is 7.32. The van der Waals surface area contributed by atoms with Gasteiger partial charge in [-0.1, -0.05) is 25.0 Å². The fraction of sp³-hybridized carbons (Fsp3) is 0.500. The largest absolute Gasteiger partial charge is 0.482 e. The molecule has 1 saturated carbocycles. The van der Waals surface area contributed by atoms with Gasteiger partial charge in [0.05, 0.1) is 12.6 Å². The molecule has 3 N–H and O–H groups in total. The summed E-state index contributed by atoms with van der Waals surface area (Å²) in [4.78, 5) is 23.2. The molecule has 0 heterocycles. The molecule has 0 aromatic heterocycles. The Morgan fingerprint density at radius 3 is 2.65 bits per heavy atom. The lowest BCUT2D eigenvalue weighted by atomic mass is 9.98. The van der Waals surface area contributed by atoms with E-state index in [0.717, 1.165) is 31.2 Å². The lowest BCUT2D eigenvalue weighted by molar-refractivity contribution is -0.142. The monoisotopic (exact) mass is 342 g/mol. The van der Waals surface area contributed by atoms with Crippen LogP contribution in [0.15, 0.2) is 24.3 Å². The third-order valence-electron chi connectivity index (χ3n) is 3.88. The zero-order valence-corrected chi connectivity index (χ0v) is 14.0. The molecule has 7 heteroatoms. The number of halogens is 1. The maximum Gasteiger partial charge on any atom is 0.343 e. The number of esters is 1. The van der Waals surface area contributed by atoms with Gasteiger partial charge in [-0.05, 0) is 30.5 Å². The van der Waals surface area contributed by atoms with Crippen molar-refractivity contribution >= 4 is 24.3 Å². The molecule has 0 bridgehead atoms. The molecule has 1 aromatic carbocycles. The Morgan fingerprint density at radius 1 is 1.30 bits per heavy atom. The van der Waals surface area contributed by atoms with Gasteiger partial charge in [0.15, 0.2) is 6.61 Å². The van der Waals surface area contributed by atoms with Crippen LogP contribution in [0.25, 0.3) is 0 Å². The van der Waals surface area contributed by atoms with Crippen LogP contribution in [0.5, 0.6) is 5.75 Å². The molecular formula is C16H23ClN2O4. The molecule has 0 atom stereocenters. The third kappa shape index (κ3) is 5.41. The number of hydrogen-bond acceptors (Lipinski definition) is 5. The average molecular weight is 343 g/mol. The van der Waals surface area contributed by atoms with Crippen molar-refractivity contribution in [2.75, 3.05) is 13.7 Å². The van der Waals surface area contributed by atoms with Crippen LogP contribution in [0.3, 0.4) is 0 Å². The Morgan fingerprint density at radius 2 is 2.00 bits per heavy atom. The Hall–Kier alpha value is -1.79. The van der Waals surface area contributed by atoms with Crippen LogP contribution in [0.2, 0.25) is 0 Å². The molecule has 1 fully saturated rings. The highest BCUT2D eigenvalue weighted by atomic mass is 35.5. The van der Waals surface area contributed by atoms with E-state index in [1.54, 1.807) is 12.1 Å². The van der Waals surface area contributed by atoms with E-state index < -0.39 is 11.5 Å². The smallest absolute Gasteiger partial charge is 0.343 e. The van der Waals surface area contributed by atoms with Gasteiger partial charge < -0.3 is 20.5 Å². The van der Waals surface area contributed by atoms with Gasteiger partial charge >= 0.3 is 5.97 Å². The van der Waals surface area contributed by atoms with Gasteiger partial charge in [-0.15, -0.1) is 12.4 Å². The van der Waals surface area contributed by atoms with Gasteiger partial charge in [-0.3, -0.25) is 4.79 Å². The summed E-state index contributed by atoms with van der Waals surface area (Å²) >= 11 is 0. The van der Waals surface area contributed by atoms with E-state index in [1.165, 1.54) is 7.11 Å². The second-order valence-electron chi connectivity index (χ2n) is 5.56. The predicted molar refractivity (Wildman–Crippen MR) is 88.4 cm³/mol. The van der Waals surface area contributed by atoms with E-state index in [0.29, 0.717) is 12.3 Å². The first-order valence-corrected chi connectivity index (χ1v) is 7.39. The predicted octanol–water partition coefficient (Wildman–Crippen LogP) is 1.55. The zero-order valence-electron chi connectivity index (χ0n) is 13.2. The van der Waals surface area contributed by atoms with E-state index >= 15 is 0 Å². The van der Waals surface area contributed by atoms with Crippen molar-refractivity contribution < 1.29 is 19.1 Å². The van der Waals surface area contributed by atoms with E-state index in [9.17, 15) is 9.59 Å². The fourth-order valence-corrected chi connectivity index (χ4v) is 2.54. The average Bonchev–Trinajstić information content (AvgIpc) is 2.98. The summed E-state index contributed by atoms with van der Waals surface area (Å²) in [5.41, 5.74) is 6.27. The maximum atomic E-state index is 12.2. The Labute approximate surface area is 142 Å². The molecule has 23 heavy (non-hydrogen) atoms. The van der Waals surface area contributed by atoms with Crippen LogP contribution < -0.4 is 15.8 Å². The van der Waals surface area contributed by atoms with Crippen molar-refractivity contribution in [2.45, 2.75) is 37.8 Å². The van der Waals surface area contributed by atoms with Gasteiger partial charge in [-0.25, -0.2) is 4.79 Å². The summed E-state index contributed by atoms with van der Waals surface area (Å²) in [5, 5.41) is 2.87. The molecule has 2 rings (SSSR count). The number of carbonyl (C=O) groups is 2. The number of nitrogens with two attached hydrogens (primary N) is 1.